The highest BCUT2D eigenvalue weighted by atomic mass is 32.2. The number of para-hydroxylation sites is 2. The Bertz CT molecular complexity index is 1210. The molecule has 150 valence electrons. The minimum atomic E-state index is -0.538. The van der Waals surface area contributed by atoms with Gasteiger partial charge in [-0.1, -0.05) is 12.1 Å². The van der Waals surface area contributed by atoms with Crippen molar-refractivity contribution < 1.29 is 9.53 Å². The first kappa shape index (κ1) is 19.3. The molecule has 8 nitrogen and oxygen atoms in total. The molecule has 0 unspecified atom stereocenters. The molecule has 0 fully saturated rings. The Morgan fingerprint density at radius 2 is 2.10 bits per heavy atom. The van der Waals surface area contributed by atoms with Gasteiger partial charge in [-0.25, -0.2) is 14.9 Å². The molecule has 0 saturated carbocycles. The number of nitrogens with zero attached hydrogens (tertiary/aromatic N) is 4. The van der Waals surface area contributed by atoms with E-state index in [1.165, 1.54) is 7.11 Å². The molecule has 1 aromatic heterocycles. The quantitative estimate of drug-likeness (QED) is 0.490. The van der Waals surface area contributed by atoms with Crippen LogP contribution in [0.4, 0.5) is 0 Å². The number of aryl methyl sites for hydroxylation is 1. The van der Waals surface area contributed by atoms with Gasteiger partial charge in [0, 0.05) is 19.4 Å². The van der Waals surface area contributed by atoms with Crippen LogP contribution in [0.2, 0.25) is 0 Å². The molecule has 1 aromatic carbocycles. The molecule has 3 heterocycles. The maximum atomic E-state index is 12.4. The predicted octanol–water partition coefficient (Wildman–Crippen LogP) is 2.69. The fourth-order valence-corrected chi connectivity index (χ4v) is 4.06. The van der Waals surface area contributed by atoms with Crippen LogP contribution in [0.5, 0.6) is 0 Å². The first-order chi connectivity index (χ1) is 14.0. The number of aromatic nitrogens is 5. The summed E-state index contributed by atoms with van der Waals surface area (Å²) >= 11 is 1.73. The van der Waals surface area contributed by atoms with E-state index in [0.717, 1.165) is 29.0 Å². The lowest BCUT2D eigenvalue weighted by atomic mass is 10.1. The van der Waals surface area contributed by atoms with Crippen LogP contribution < -0.4 is 5.56 Å². The Morgan fingerprint density at radius 3 is 2.83 bits per heavy atom. The van der Waals surface area contributed by atoms with Crippen molar-refractivity contribution in [1.29, 1.82) is 0 Å². The Hall–Kier alpha value is -3.07. The summed E-state index contributed by atoms with van der Waals surface area (Å²) in [6.45, 7) is 0. The van der Waals surface area contributed by atoms with E-state index in [9.17, 15) is 9.59 Å². The molecule has 2 aromatic rings. The number of methoxy groups -OCH3 is 1. The lowest BCUT2D eigenvalue weighted by molar-refractivity contribution is 0.0600. The second-order valence-electron chi connectivity index (χ2n) is 6.74. The summed E-state index contributed by atoms with van der Waals surface area (Å²) in [7, 11) is 3.29. The number of rotatable bonds is 6. The molecule has 29 heavy (non-hydrogen) atoms. The van der Waals surface area contributed by atoms with E-state index in [-0.39, 0.29) is 17.2 Å². The van der Waals surface area contributed by atoms with Gasteiger partial charge in [-0.2, -0.15) is 16.9 Å². The number of esters is 1. The van der Waals surface area contributed by atoms with Crippen LogP contribution in [0.3, 0.4) is 0 Å². The zero-order chi connectivity index (χ0) is 20.5. The van der Waals surface area contributed by atoms with Gasteiger partial charge in [0.05, 0.1) is 29.7 Å². The molecule has 4 rings (SSSR count). The highest BCUT2D eigenvalue weighted by Crippen LogP contribution is 2.29. The van der Waals surface area contributed by atoms with E-state index in [2.05, 4.69) is 14.8 Å². The summed E-state index contributed by atoms with van der Waals surface area (Å²) in [5, 5.41) is 6.42. The van der Waals surface area contributed by atoms with Crippen LogP contribution in [0, 0.1) is 0 Å². The van der Waals surface area contributed by atoms with Gasteiger partial charge in [-0.05, 0) is 30.6 Å². The van der Waals surface area contributed by atoms with Crippen molar-refractivity contribution in [2.45, 2.75) is 12.5 Å². The maximum Gasteiger partial charge on any atom is 0.341 e. The third kappa shape index (κ3) is 3.31. The first-order valence-corrected chi connectivity index (χ1v) is 10.5. The van der Waals surface area contributed by atoms with Gasteiger partial charge < -0.3 is 13.9 Å². The number of nitrogens with one attached hydrogen (secondary N) is 1. The Morgan fingerprint density at radius 1 is 1.31 bits per heavy atom. The SMILES string of the molecule is COC(=O)c1cn([C@H](CCSC)c2nc3ccccc3n2C)cc2c(=O)[nH]nc1-2. The number of thioether (sulfide) groups is 1. The molecule has 0 radical (unpaired) electrons. The highest BCUT2D eigenvalue weighted by Gasteiger charge is 2.26. The van der Waals surface area contributed by atoms with E-state index < -0.39 is 5.97 Å². The van der Waals surface area contributed by atoms with Crippen molar-refractivity contribution >= 4 is 28.8 Å². The summed E-state index contributed by atoms with van der Waals surface area (Å²) in [5.74, 6) is 1.21. The standard InChI is InChI=1S/C20H21N5O3S/c1-24-15-7-5-4-6-14(15)21-18(24)16(8-9-29-3)25-10-12-17(22-23-19(12)26)13(11-25)20(27)28-2/h4-7,10-11,16H,8-9H2,1-3H3,(H,23,26)/t16-/m1/s1. The molecule has 2 aliphatic rings. The first-order valence-electron chi connectivity index (χ1n) is 9.13. The van der Waals surface area contributed by atoms with Crippen molar-refractivity contribution in [3.05, 3.63) is 58.4 Å². The van der Waals surface area contributed by atoms with Crippen molar-refractivity contribution in [2.75, 3.05) is 19.1 Å². The fraction of sp³-hybridized carbons (Fsp3) is 0.300. The molecular formula is C20H21N5O3S. The Kier molecular flexibility index (Phi) is 5.14. The average Bonchev–Trinajstić information content (AvgIpc) is 3.28. The number of pyridine rings is 1. The number of ether oxygens (including phenoxy) is 1. The number of hydrogen-bond donors (Lipinski definition) is 1. The molecular weight excluding hydrogens is 390 g/mol. The average molecular weight is 411 g/mol. The molecule has 0 amide bonds. The number of carbonyl (C=O) groups excluding carboxylic acids is 1. The third-order valence-electron chi connectivity index (χ3n) is 5.06. The number of hydrogen-bond acceptors (Lipinski definition) is 6. The minimum Gasteiger partial charge on any atom is -0.465 e. The van der Waals surface area contributed by atoms with Crippen LogP contribution >= 0.6 is 11.8 Å². The summed E-state index contributed by atoms with van der Waals surface area (Å²) in [6.07, 6.45) is 6.25. The summed E-state index contributed by atoms with van der Waals surface area (Å²) in [6, 6.07) is 7.77. The Labute approximate surface area is 171 Å². The zero-order valence-corrected chi connectivity index (χ0v) is 17.2. The van der Waals surface area contributed by atoms with Gasteiger partial charge >= 0.3 is 5.97 Å². The van der Waals surface area contributed by atoms with Gasteiger partial charge in [-0.3, -0.25) is 4.79 Å². The molecule has 9 heteroatoms. The largest absolute Gasteiger partial charge is 0.465 e. The second kappa shape index (κ2) is 7.75. The normalized spacial score (nSPS) is 12.5. The third-order valence-corrected chi connectivity index (χ3v) is 5.70. The number of carbonyl (C=O) groups is 1. The van der Waals surface area contributed by atoms with E-state index in [0.29, 0.717) is 11.3 Å². The van der Waals surface area contributed by atoms with Gasteiger partial charge in [-0.15, -0.1) is 0 Å². The van der Waals surface area contributed by atoms with Gasteiger partial charge in [0.1, 0.15) is 17.1 Å². The lowest BCUT2D eigenvalue weighted by Gasteiger charge is -2.22. The van der Waals surface area contributed by atoms with Crippen LogP contribution in [-0.2, 0) is 11.8 Å². The molecule has 2 aliphatic heterocycles. The summed E-state index contributed by atoms with van der Waals surface area (Å²) < 4.78 is 8.85. The predicted molar refractivity (Wildman–Crippen MR) is 113 cm³/mol. The second-order valence-corrected chi connectivity index (χ2v) is 7.73. The number of H-pyrrole nitrogens is 1. The zero-order valence-electron chi connectivity index (χ0n) is 16.4. The minimum absolute atomic E-state index is 0.165. The van der Waals surface area contributed by atoms with Gasteiger partial charge in [0.25, 0.3) is 5.56 Å². The van der Waals surface area contributed by atoms with Gasteiger partial charge in [0.2, 0.25) is 0 Å². The molecule has 0 bridgehead atoms. The van der Waals surface area contributed by atoms with E-state index >= 15 is 0 Å². The van der Waals surface area contributed by atoms with E-state index in [4.69, 9.17) is 9.72 Å². The van der Waals surface area contributed by atoms with Crippen LogP contribution in [0.15, 0.2) is 41.5 Å². The smallest absolute Gasteiger partial charge is 0.341 e. The number of fused-ring (bicyclic) bond motifs is 2. The van der Waals surface area contributed by atoms with Crippen molar-refractivity contribution in [1.82, 2.24) is 24.3 Å². The van der Waals surface area contributed by atoms with Crippen LogP contribution in [0.25, 0.3) is 22.3 Å². The Balaban J connectivity index is 1.93. The fourth-order valence-electron chi connectivity index (χ4n) is 3.60. The van der Waals surface area contributed by atoms with Crippen LogP contribution in [-0.4, -0.2) is 49.4 Å². The summed E-state index contributed by atoms with van der Waals surface area (Å²) in [4.78, 5) is 29.5. The maximum absolute atomic E-state index is 12.4. The highest BCUT2D eigenvalue weighted by molar-refractivity contribution is 7.98. The number of aromatic amines is 1. The molecule has 0 aliphatic carbocycles. The molecule has 1 N–H and O–H groups in total. The van der Waals surface area contributed by atoms with Crippen molar-refractivity contribution in [3.63, 3.8) is 0 Å². The molecule has 1 atom stereocenters. The monoisotopic (exact) mass is 411 g/mol. The number of imidazole rings is 1. The topological polar surface area (TPSA) is 94.8 Å². The van der Waals surface area contributed by atoms with Gasteiger partial charge in [0.15, 0.2) is 0 Å². The van der Waals surface area contributed by atoms with E-state index in [1.54, 1.807) is 24.2 Å². The number of benzene rings is 1. The summed E-state index contributed by atoms with van der Waals surface area (Å²) in [5.41, 5.74) is 2.50. The van der Waals surface area contributed by atoms with Crippen LogP contribution in [0.1, 0.15) is 28.6 Å². The van der Waals surface area contributed by atoms with E-state index in [1.807, 2.05) is 42.1 Å². The van der Waals surface area contributed by atoms with Crippen molar-refractivity contribution in [2.24, 2.45) is 7.05 Å². The molecule has 0 spiro atoms. The lowest BCUT2D eigenvalue weighted by Crippen LogP contribution is -2.20. The molecule has 0 saturated heterocycles. The van der Waals surface area contributed by atoms with Crippen molar-refractivity contribution in [3.8, 4) is 11.3 Å².